The third-order valence-electron chi connectivity index (χ3n) is 2.64. The first kappa shape index (κ1) is 13.9. The zero-order chi connectivity index (χ0) is 13.5. The summed E-state index contributed by atoms with van der Waals surface area (Å²) in [6, 6.07) is 3.75. The smallest absolute Gasteiger partial charge is 0.231 e. The van der Waals surface area contributed by atoms with Crippen LogP contribution in [0.1, 0.15) is 5.56 Å². The number of fused-ring (bicyclic) bond motifs is 1. The molecule has 1 aliphatic rings. The van der Waals surface area contributed by atoms with Crippen LogP contribution in [0, 0.1) is 0 Å². The van der Waals surface area contributed by atoms with Gasteiger partial charge in [0.25, 0.3) is 0 Å². The van der Waals surface area contributed by atoms with Crippen LogP contribution >= 0.6 is 0 Å². The van der Waals surface area contributed by atoms with Gasteiger partial charge in [0.05, 0.1) is 19.8 Å². The van der Waals surface area contributed by atoms with Gasteiger partial charge in [-0.25, -0.2) is 0 Å². The van der Waals surface area contributed by atoms with E-state index in [4.69, 9.17) is 24.1 Å². The van der Waals surface area contributed by atoms with E-state index in [1.165, 1.54) is 0 Å². The third-order valence-corrected chi connectivity index (χ3v) is 2.64. The summed E-state index contributed by atoms with van der Waals surface area (Å²) in [7, 11) is 1.87. The Hall–Kier alpha value is -1.50. The monoisotopic (exact) mass is 269 g/mol. The van der Waals surface area contributed by atoms with E-state index in [0.717, 1.165) is 17.1 Å². The van der Waals surface area contributed by atoms with E-state index in [-0.39, 0.29) is 13.4 Å². The van der Waals surface area contributed by atoms with Crippen LogP contribution in [0.2, 0.25) is 0 Å². The van der Waals surface area contributed by atoms with Gasteiger partial charge in [0.2, 0.25) is 6.79 Å². The molecule has 0 radical (unpaired) electrons. The molecule has 1 aromatic rings. The number of aliphatic hydroxyl groups is 1. The Morgan fingerprint density at radius 2 is 2.00 bits per heavy atom. The van der Waals surface area contributed by atoms with Gasteiger partial charge < -0.3 is 29.4 Å². The van der Waals surface area contributed by atoms with Crippen LogP contribution in [0.4, 0.5) is 0 Å². The third kappa shape index (κ3) is 3.73. The van der Waals surface area contributed by atoms with Crippen molar-refractivity contribution in [1.82, 2.24) is 5.32 Å². The minimum atomic E-state index is 0.0228. The second-order valence-corrected chi connectivity index (χ2v) is 4.03. The Balaban J connectivity index is 1.97. The summed E-state index contributed by atoms with van der Waals surface area (Å²) in [6.45, 7) is 2.15. The maximum atomic E-state index is 8.60. The summed E-state index contributed by atoms with van der Waals surface area (Å²) in [5.41, 5.74) is 1.01. The molecule has 0 fully saturated rings. The van der Waals surface area contributed by atoms with Gasteiger partial charge in [0.1, 0.15) is 12.4 Å². The summed E-state index contributed by atoms with van der Waals surface area (Å²) >= 11 is 0. The van der Waals surface area contributed by atoms with E-state index in [0.29, 0.717) is 32.1 Å². The lowest BCUT2D eigenvalue weighted by atomic mass is 10.1. The Morgan fingerprint density at radius 1 is 1.21 bits per heavy atom. The van der Waals surface area contributed by atoms with Crippen LogP contribution in [0.25, 0.3) is 0 Å². The van der Waals surface area contributed by atoms with Gasteiger partial charge in [-0.1, -0.05) is 0 Å². The molecule has 0 spiro atoms. The van der Waals surface area contributed by atoms with Gasteiger partial charge in [0, 0.05) is 18.2 Å². The molecule has 0 aromatic heterocycles. The normalized spacial score (nSPS) is 12.7. The molecule has 0 aliphatic carbocycles. The molecule has 6 nitrogen and oxygen atoms in total. The summed E-state index contributed by atoms with van der Waals surface area (Å²) in [4.78, 5) is 0. The average Bonchev–Trinajstić information content (AvgIpc) is 2.86. The van der Waals surface area contributed by atoms with Crippen molar-refractivity contribution < 1.29 is 24.1 Å². The molecule has 1 heterocycles. The average molecular weight is 269 g/mol. The SMILES string of the molecule is CNCc1cc2c(cc1OCCOCCO)OCO2. The molecule has 106 valence electrons. The van der Waals surface area contributed by atoms with Gasteiger partial charge in [-0.15, -0.1) is 0 Å². The Kier molecular flexibility index (Phi) is 5.26. The van der Waals surface area contributed by atoms with Crippen molar-refractivity contribution in [2.45, 2.75) is 6.54 Å². The van der Waals surface area contributed by atoms with Crippen LogP contribution in [0.15, 0.2) is 12.1 Å². The van der Waals surface area contributed by atoms with Crippen molar-refractivity contribution in [3.8, 4) is 17.2 Å². The van der Waals surface area contributed by atoms with Crippen molar-refractivity contribution in [2.75, 3.05) is 40.3 Å². The first-order valence-corrected chi connectivity index (χ1v) is 6.23. The first-order valence-electron chi connectivity index (χ1n) is 6.23. The Bertz CT molecular complexity index is 410. The van der Waals surface area contributed by atoms with Crippen molar-refractivity contribution >= 4 is 0 Å². The fourth-order valence-corrected chi connectivity index (χ4v) is 1.81. The summed E-state index contributed by atoms with van der Waals surface area (Å²) in [5, 5.41) is 11.7. The zero-order valence-corrected chi connectivity index (χ0v) is 11.0. The second kappa shape index (κ2) is 7.18. The minimum absolute atomic E-state index is 0.0228. The van der Waals surface area contributed by atoms with Crippen molar-refractivity contribution in [3.63, 3.8) is 0 Å². The zero-order valence-electron chi connectivity index (χ0n) is 11.0. The predicted molar refractivity (Wildman–Crippen MR) is 68.7 cm³/mol. The number of hydrogen-bond acceptors (Lipinski definition) is 6. The van der Waals surface area contributed by atoms with E-state index in [2.05, 4.69) is 5.32 Å². The highest BCUT2D eigenvalue weighted by atomic mass is 16.7. The van der Waals surface area contributed by atoms with E-state index < -0.39 is 0 Å². The standard InChI is InChI=1S/C13H19NO5/c1-14-8-10-6-12-13(19-9-18-12)7-11(10)17-5-4-16-3-2-15/h6-7,14-15H,2-5,8-9H2,1H3. The molecule has 19 heavy (non-hydrogen) atoms. The van der Waals surface area contributed by atoms with Gasteiger partial charge in [-0.3, -0.25) is 0 Å². The number of rotatable bonds is 8. The Morgan fingerprint density at radius 3 is 2.74 bits per heavy atom. The second-order valence-electron chi connectivity index (χ2n) is 4.03. The topological polar surface area (TPSA) is 69.2 Å². The lowest BCUT2D eigenvalue weighted by molar-refractivity contribution is 0.0702. The molecule has 1 aromatic carbocycles. The molecule has 0 saturated carbocycles. The van der Waals surface area contributed by atoms with E-state index in [9.17, 15) is 0 Å². The quantitative estimate of drug-likeness (QED) is 0.671. The number of ether oxygens (including phenoxy) is 4. The molecule has 2 N–H and O–H groups in total. The largest absolute Gasteiger partial charge is 0.491 e. The number of nitrogens with one attached hydrogen (secondary N) is 1. The molecule has 0 unspecified atom stereocenters. The Labute approximate surface area is 112 Å². The first-order chi connectivity index (χ1) is 9.35. The van der Waals surface area contributed by atoms with Crippen LogP contribution in [-0.4, -0.2) is 45.4 Å². The maximum absolute atomic E-state index is 8.60. The molecule has 0 bridgehead atoms. The molecule has 0 atom stereocenters. The highest BCUT2D eigenvalue weighted by Gasteiger charge is 2.17. The summed E-state index contributed by atoms with van der Waals surface area (Å²) < 4.78 is 21.5. The van der Waals surface area contributed by atoms with Gasteiger partial charge in [-0.2, -0.15) is 0 Å². The van der Waals surface area contributed by atoms with E-state index >= 15 is 0 Å². The molecular weight excluding hydrogens is 250 g/mol. The molecular formula is C13H19NO5. The molecule has 0 amide bonds. The molecule has 2 rings (SSSR count). The lowest BCUT2D eigenvalue weighted by Gasteiger charge is -2.12. The van der Waals surface area contributed by atoms with E-state index in [1.54, 1.807) is 0 Å². The van der Waals surface area contributed by atoms with E-state index in [1.807, 2.05) is 19.2 Å². The number of aliphatic hydroxyl groups excluding tert-OH is 1. The van der Waals surface area contributed by atoms with Crippen LogP contribution in [0.3, 0.4) is 0 Å². The minimum Gasteiger partial charge on any atom is -0.491 e. The molecule has 0 saturated heterocycles. The fraction of sp³-hybridized carbons (Fsp3) is 0.538. The fourth-order valence-electron chi connectivity index (χ4n) is 1.81. The van der Waals surface area contributed by atoms with Gasteiger partial charge >= 0.3 is 0 Å². The highest BCUT2D eigenvalue weighted by Crippen LogP contribution is 2.38. The number of hydrogen-bond donors (Lipinski definition) is 2. The highest BCUT2D eigenvalue weighted by molar-refractivity contribution is 5.51. The van der Waals surface area contributed by atoms with Crippen LogP contribution < -0.4 is 19.5 Å². The van der Waals surface area contributed by atoms with Crippen molar-refractivity contribution in [1.29, 1.82) is 0 Å². The van der Waals surface area contributed by atoms with Crippen molar-refractivity contribution in [2.24, 2.45) is 0 Å². The van der Waals surface area contributed by atoms with Crippen molar-refractivity contribution in [3.05, 3.63) is 17.7 Å². The maximum Gasteiger partial charge on any atom is 0.231 e. The van der Waals surface area contributed by atoms with Crippen LogP contribution in [-0.2, 0) is 11.3 Å². The molecule has 6 heteroatoms. The van der Waals surface area contributed by atoms with Gasteiger partial charge in [-0.05, 0) is 13.1 Å². The van der Waals surface area contributed by atoms with Crippen LogP contribution in [0.5, 0.6) is 17.2 Å². The predicted octanol–water partition coefficient (Wildman–Crippen LogP) is 0.522. The summed E-state index contributed by atoms with van der Waals surface area (Å²) in [5.74, 6) is 2.20. The van der Waals surface area contributed by atoms with Gasteiger partial charge in [0.15, 0.2) is 11.5 Å². The number of benzene rings is 1. The lowest BCUT2D eigenvalue weighted by Crippen LogP contribution is -2.12. The summed E-state index contributed by atoms with van der Waals surface area (Å²) in [6.07, 6.45) is 0. The molecule has 1 aliphatic heterocycles.